The second kappa shape index (κ2) is 6.14. The van der Waals surface area contributed by atoms with Gasteiger partial charge < -0.3 is 4.74 Å². The number of carbonyl (C=O) groups excluding carboxylic acids is 1. The molecule has 0 unspecified atom stereocenters. The molecule has 3 heteroatoms. The van der Waals surface area contributed by atoms with E-state index in [0.717, 1.165) is 10.8 Å². The minimum atomic E-state index is -0.330. The van der Waals surface area contributed by atoms with Gasteiger partial charge in [0, 0.05) is 6.42 Å². The van der Waals surface area contributed by atoms with Gasteiger partial charge in [0.1, 0.15) is 18.2 Å². The average molecular weight is 296 g/mol. The highest BCUT2D eigenvalue weighted by Gasteiger charge is 2.19. The van der Waals surface area contributed by atoms with Crippen LogP contribution in [0.4, 0.5) is 4.39 Å². The standard InChI is InChI=1S/C19H17FO2/c1-2-13-12-17(21)19-15-7-4-3-6-14(15)9-10-18(19)22-11-5-8-16(13)20/h3-10H,2,11-12H2,1H3/b8-5-,16-13+. The number of benzene rings is 2. The van der Waals surface area contributed by atoms with Crippen molar-refractivity contribution < 1.29 is 13.9 Å². The van der Waals surface area contributed by atoms with Crippen molar-refractivity contribution in [2.24, 2.45) is 0 Å². The number of ketones is 1. The molecule has 0 radical (unpaired) electrons. The molecule has 2 nitrogen and oxygen atoms in total. The smallest absolute Gasteiger partial charge is 0.171 e. The van der Waals surface area contributed by atoms with Crippen LogP contribution in [0.1, 0.15) is 30.1 Å². The molecule has 1 heterocycles. The normalized spacial score (nSPS) is 20.4. The first-order chi connectivity index (χ1) is 10.7. The predicted octanol–water partition coefficient (Wildman–Crippen LogP) is 4.99. The van der Waals surface area contributed by atoms with Gasteiger partial charge in [-0.3, -0.25) is 4.79 Å². The van der Waals surface area contributed by atoms with E-state index in [1.165, 1.54) is 6.08 Å². The van der Waals surface area contributed by atoms with E-state index >= 15 is 0 Å². The fourth-order valence-electron chi connectivity index (χ4n) is 2.73. The molecule has 0 amide bonds. The third-order valence-corrected chi connectivity index (χ3v) is 3.91. The number of Topliss-reactive ketones (excluding diaryl/α,β-unsaturated/α-hetero) is 1. The Morgan fingerprint density at radius 1 is 1.18 bits per heavy atom. The molecular formula is C19H17FO2. The second-order valence-electron chi connectivity index (χ2n) is 5.28. The molecule has 0 saturated heterocycles. The molecule has 0 bridgehead atoms. The van der Waals surface area contributed by atoms with Crippen LogP contribution in [0.5, 0.6) is 5.75 Å². The molecule has 1 aliphatic rings. The summed E-state index contributed by atoms with van der Waals surface area (Å²) in [5, 5.41) is 1.83. The molecule has 2 aromatic carbocycles. The van der Waals surface area contributed by atoms with E-state index < -0.39 is 0 Å². The Morgan fingerprint density at radius 2 is 2.00 bits per heavy atom. The Hall–Kier alpha value is -2.42. The van der Waals surface area contributed by atoms with Crippen molar-refractivity contribution in [3.63, 3.8) is 0 Å². The van der Waals surface area contributed by atoms with Gasteiger partial charge in [0.25, 0.3) is 0 Å². The van der Waals surface area contributed by atoms with Gasteiger partial charge in [0.15, 0.2) is 5.78 Å². The minimum Gasteiger partial charge on any atom is -0.489 e. The molecule has 112 valence electrons. The molecule has 0 saturated carbocycles. The summed E-state index contributed by atoms with van der Waals surface area (Å²) in [6, 6.07) is 11.4. The number of rotatable bonds is 1. The first-order valence-corrected chi connectivity index (χ1v) is 7.42. The number of halogens is 1. The Kier molecular flexibility index (Phi) is 4.05. The number of hydrogen-bond donors (Lipinski definition) is 0. The van der Waals surface area contributed by atoms with Crippen molar-refractivity contribution in [1.29, 1.82) is 0 Å². The van der Waals surface area contributed by atoms with E-state index in [4.69, 9.17) is 4.74 Å². The summed E-state index contributed by atoms with van der Waals surface area (Å²) < 4.78 is 19.7. The van der Waals surface area contributed by atoms with Gasteiger partial charge in [0.2, 0.25) is 0 Å². The third kappa shape index (κ3) is 2.67. The van der Waals surface area contributed by atoms with Gasteiger partial charge in [-0.15, -0.1) is 0 Å². The van der Waals surface area contributed by atoms with E-state index in [2.05, 4.69) is 0 Å². The number of hydrogen-bond acceptors (Lipinski definition) is 2. The topological polar surface area (TPSA) is 26.3 Å². The average Bonchev–Trinajstić information content (AvgIpc) is 2.55. The third-order valence-electron chi connectivity index (χ3n) is 3.91. The van der Waals surface area contributed by atoms with Gasteiger partial charge in [-0.25, -0.2) is 4.39 Å². The van der Waals surface area contributed by atoms with E-state index in [-0.39, 0.29) is 24.6 Å². The van der Waals surface area contributed by atoms with Gasteiger partial charge in [-0.1, -0.05) is 37.3 Å². The molecule has 0 aliphatic carbocycles. The number of ether oxygens (including phenoxy) is 1. The molecule has 0 atom stereocenters. The lowest BCUT2D eigenvalue weighted by Crippen LogP contribution is -2.08. The maximum absolute atomic E-state index is 14.1. The Morgan fingerprint density at radius 3 is 2.82 bits per heavy atom. The largest absolute Gasteiger partial charge is 0.489 e. The van der Waals surface area contributed by atoms with Crippen LogP contribution in [-0.4, -0.2) is 12.4 Å². The maximum atomic E-state index is 14.1. The van der Waals surface area contributed by atoms with Crippen LogP contribution in [0.3, 0.4) is 0 Å². The zero-order valence-electron chi connectivity index (χ0n) is 12.4. The van der Waals surface area contributed by atoms with Crippen LogP contribution < -0.4 is 4.74 Å². The van der Waals surface area contributed by atoms with Crippen molar-refractivity contribution in [2.75, 3.05) is 6.61 Å². The van der Waals surface area contributed by atoms with Crippen LogP contribution in [0, 0.1) is 0 Å². The summed E-state index contributed by atoms with van der Waals surface area (Å²) in [5.74, 6) is 0.128. The van der Waals surface area contributed by atoms with Crippen LogP contribution in [-0.2, 0) is 0 Å². The lowest BCUT2D eigenvalue weighted by atomic mass is 9.95. The molecule has 3 rings (SSSR count). The Balaban J connectivity index is 2.19. The molecule has 0 spiro atoms. The van der Waals surface area contributed by atoms with E-state index in [1.807, 2.05) is 43.3 Å². The highest BCUT2D eigenvalue weighted by molar-refractivity contribution is 6.11. The fourth-order valence-corrected chi connectivity index (χ4v) is 2.73. The number of fused-ring (bicyclic) bond motifs is 3. The highest BCUT2D eigenvalue weighted by atomic mass is 19.1. The molecule has 22 heavy (non-hydrogen) atoms. The molecule has 2 aromatic rings. The summed E-state index contributed by atoms with van der Waals surface area (Å²) >= 11 is 0. The van der Waals surface area contributed by atoms with E-state index in [0.29, 0.717) is 23.3 Å². The number of allylic oxidation sites excluding steroid dienone is 3. The van der Waals surface area contributed by atoms with Crippen molar-refractivity contribution in [3.8, 4) is 5.75 Å². The summed E-state index contributed by atoms with van der Waals surface area (Å²) in [6.45, 7) is 2.10. The lowest BCUT2D eigenvalue weighted by Gasteiger charge is -2.15. The molecular weight excluding hydrogens is 279 g/mol. The van der Waals surface area contributed by atoms with Gasteiger partial charge in [-0.05, 0) is 41.0 Å². The summed E-state index contributed by atoms with van der Waals surface area (Å²) in [6.07, 6.45) is 3.62. The molecule has 1 aliphatic heterocycles. The number of carbonyl (C=O) groups is 1. The van der Waals surface area contributed by atoms with Crippen molar-refractivity contribution in [2.45, 2.75) is 19.8 Å². The molecule has 0 aromatic heterocycles. The summed E-state index contributed by atoms with van der Waals surface area (Å²) in [4.78, 5) is 12.7. The van der Waals surface area contributed by atoms with Gasteiger partial charge in [-0.2, -0.15) is 0 Å². The zero-order valence-corrected chi connectivity index (χ0v) is 12.4. The molecule has 0 N–H and O–H groups in total. The van der Waals surface area contributed by atoms with Crippen LogP contribution in [0.15, 0.2) is 60.0 Å². The highest BCUT2D eigenvalue weighted by Crippen LogP contribution is 2.31. The Bertz CT molecular complexity index is 787. The first kappa shape index (κ1) is 14.5. The monoisotopic (exact) mass is 296 g/mol. The van der Waals surface area contributed by atoms with Crippen molar-refractivity contribution in [3.05, 3.63) is 65.5 Å². The van der Waals surface area contributed by atoms with Gasteiger partial charge in [0.05, 0.1) is 5.56 Å². The summed E-state index contributed by atoms with van der Waals surface area (Å²) in [7, 11) is 0. The van der Waals surface area contributed by atoms with Crippen LogP contribution in [0.25, 0.3) is 10.8 Å². The van der Waals surface area contributed by atoms with Crippen LogP contribution in [0.2, 0.25) is 0 Å². The second-order valence-corrected chi connectivity index (χ2v) is 5.28. The van der Waals surface area contributed by atoms with Gasteiger partial charge >= 0.3 is 0 Å². The molecule has 0 fully saturated rings. The minimum absolute atomic E-state index is 0.0804. The SMILES string of the molecule is CC/C1=C(F)/C=C\COc2ccc3ccccc3c2C(=O)C1. The maximum Gasteiger partial charge on any atom is 0.171 e. The zero-order chi connectivity index (χ0) is 15.5. The predicted molar refractivity (Wildman–Crippen MR) is 86.0 cm³/mol. The Labute approximate surface area is 128 Å². The summed E-state index contributed by atoms with van der Waals surface area (Å²) in [5.41, 5.74) is 1.08. The first-order valence-electron chi connectivity index (χ1n) is 7.42. The van der Waals surface area contributed by atoms with E-state index in [9.17, 15) is 9.18 Å². The lowest BCUT2D eigenvalue weighted by molar-refractivity contribution is 0.0989. The quantitative estimate of drug-likeness (QED) is 0.740. The van der Waals surface area contributed by atoms with Crippen molar-refractivity contribution in [1.82, 2.24) is 0 Å². The van der Waals surface area contributed by atoms with Crippen molar-refractivity contribution >= 4 is 16.6 Å². The van der Waals surface area contributed by atoms with Crippen LogP contribution >= 0.6 is 0 Å². The van der Waals surface area contributed by atoms with E-state index in [1.54, 1.807) is 6.08 Å². The fraction of sp³-hybridized carbons (Fsp3) is 0.211.